The molecule has 0 aliphatic carbocycles. The van der Waals surface area contributed by atoms with E-state index in [1.165, 1.54) is 0 Å². The number of tetrazole rings is 1. The SMILES string of the molecule is Cc1nnnn1CCC(=O)N1CCC[C@@]2(CNC(=O)c3ccccc3O2)C1. The molecule has 0 saturated carbocycles. The summed E-state index contributed by atoms with van der Waals surface area (Å²) >= 11 is 0. The number of nitrogens with zero attached hydrogens (tertiary/aromatic N) is 5. The normalized spacial score (nSPS) is 22.0. The predicted octanol–water partition coefficient (Wildman–Crippen LogP) is 0.555. The molecule has 1 fully saturated rings. The Labute approximate surface area is 156 Å². The molecule has 0 radical (unpaired) electrons. The minimum Gasteiger partial charge on any atom is -0.483 e. The Kier molecular flexibility index (Phi) is 4.51. The molecule has 1 saturated heterocycles. The van der Waals surface area contributed by atoms with Gasteiger partial charge in [0.1, 0.15) is 17.2 Å². The van der Waals surface area contributed by atoms with Gasteiger partial charge in [-0.2, -0.15) is 0 Å². The lowest BCUT2D eigenvalue weighted by Gasteiger charge is -2.42. The van der Waals surface area contributed by atoms with E-state index in [1.807, 2.05) is 23.1 Å². The molecule has 1 atom stereocenters. The van der Waals surface area contributed by atoms with Crippen LogP contribution in [0.3, 0.4) is 0 Å². The van der Waals surface area contributed by atoms with Crippen LogP contribution in [0.2, 0.25) is 0 Å². The van der Waals surface area contributed by atoms with Gasteiger partial charge in [-0.05, 0) is 42.3 Å². The van der Waals surface area contributed by atoms with Gasteiger partial charge in [-0.25, -0.2) is 4.68 Å². The minimum atomic E-state index is -0.596. The molecule has 0 unspecified atom stereocenters. The molecular formula is C18H22N6O3. The summed E-state index contributed by atoms with van der Waals surface area (Å²) in [5.74, 6) is 1.16. The molecule has 3 heterocycles. The Balaban J connectivity index is 1.46. The first kappa shape index (κ1) is 17.4. The molecule has 2 aliphatic heterocycles. The first-order valence-electron chi connectivity index (χ1n) is 9.13. The topological polar surface area (TPSA) is 102 Å². The molecule has 2 aliphatic rings. The van der Waals surface area contributed by atoms with Crippen LogP contribution in [-0.4, -0.2) is 62.2 Å². The minimum absolute atomic E-state index is 0.0384. The number of para-hydroxylation sites is 1. The van der Waals surface area contributed by atoms with Crippen molar-refractivity contribution in [2.45, 2.75) is 38.3 Å². The summed E-state index contributed by atoms with van der Waals surface area (Å²) in [4.78, 5) is 26.9. The van der Waals surface area contributed by atoms with Crippen molar-refractivity contribution >= 4 is 11.8 Å². The van der Waals surface area contributed by atoms with Crippen LogP contribution < -0.4 is 10.1 Å². The van der Waals surface area contributed by atoms with Gasteiger partial charge in [0.05, 0.1) is 25.2 Å². The number of ether oxygens (including phenoxy) is 1. The van der Waals surface area contributed by atoms with Crippen molar-refractivity contribution in [1.29, 1.82) is 0 Å². The Morgan fingerprint density at radius 2 is 2.22 bits per heavy atom. The lowest BCUT2D eigenvalue weighted by molar-refractivity contribution is -0.137. The monoisotopic (exact) mass is 370 g/mol. The van der Waals surface area contributed by atoms with Gasteiger partial charge >= 0.3 is 0 Å². The van der Waals surface area contributed by atoms with Crippen molar-refractivity contribution in [1.82, 2.24) is 30.4 Å². The highest BCUT2D eigenvalue weighted by Gasteiger charge is 2.41. The molecular weight excluding hydrogens is 348 g/mol. The van der Waals surface area contributed by atoms with E-state index >= 15 is 0 Å². The van der Waals surface area contributed by atoms with E-state index in [0.717, 1.165) is 12.8 Å². The maximum absolute atomic E-state index is 12.7. The van der Waals surface area contributed by atoms with E-state index in [9.17, 15) is 9.59 Å². The summed E-state index contributed by atoms with van der Waals surface area (Å²) in [5.41, 5.74) is -0.0621. The maximum atomic E-state index is 12.7. The van der Waals surface area contributed by atoms with Gasteiger partial charge < -0.3 is 15.0 Å². The Morgan fingerprint density at radius 3 is 3.04 bits per heavy atom. The number of benzene rings is 1. The lowest BCUT2D eigenvalue weighted by Crippen LogP contribution is -2.58. The highest BCUT2D eigenvalue weighted by molar-refractivity contribution is 5.97. The number of aromatic nitrogens is 4. The predicted molar refractivity (Wildman–Crippen MR) is 95.1 cm³/mol. The standard InChI is InChI=1S/C18H22N6O3/c1-13-20-21-22-24(13)10-7-16(25)23-9-4-8-18(12-23)11-19-17(26)14-5-2-3-6-15(14)27-18/h2-3,5-6H,4,7-12H2,1H3,(H,19,26)/t18-/m1/s1. The number of carbonyl (C=O) groups is 2. The molecule has 4 rings (SSSR count). The van der Waals surface area contributed by atoms with Crippen LogP contribution in [-0.2, 0) is 11.3 Å². The number of hydrogen-bond acceptors (Lipinski definition) is 6. The number of aryl methyl sites for hydroxylation is 2. The molecule has 1 aromatic heterocycles. The number of piperidine rings is 1. The third-order valence-corrected chi connectivity index (χ3v) is 5.17. The quantitative estimate of drug-likeness (QED) is 0.847. The molecule has 2 amide bonds. The van der Waals surface area contributed by atoms with Crippen molar-refractivity contribution in [3.8, 4) is 5.75 Å². The number of amides is 2. The van der Waals surface area contributed by atoms with Crippen LogP contribution in [0.15, 0.2) is 24.3 Å². The van der Waals surface area contributed by atoms with Gasteiger partial charge in [0.25, 0.3) is 5.91 Å². The summed E-state index contributed by atoms with van der Waals surface area (Å²) < 4.78 is 7.91. The van der Waals surface area contributed by atoms with Crippen molar-refractivity contribution in [2.75, 3.05) is 19.6 Å². The summed E-state index contributed by atoms with van der Waals surface area (Å²) in [6, 6.07) is 7.23. The van der Waals surface area contributed by atoms with E-state index in [0.29, 0.717) is 49.7 Å². The highest BCUT2D eigenvalue weighted by Crippen LogP contribution is 2.32. The number of hydrogen-bond donors (Lipinski definition) is 1. The van der Waals surface area contributed by atoms with Gasteiger partial charge in [0, 0.05) is 13.0 Å². The number of likely N-dealkylation sites (tertiary alicyclic amines) is 1. The first-order valence-corrected chi connectivity index (χ1v) is 9.13. The van der Waals surface area contributed by atoms with Crippen LogP contribution in [0.1, 0.15) is 35.4 Å². The molecule has 0 bridgehead atoms. The second-order valence-corrected chi connectivity index (χ2v) is 7.08. The van der Waals surface area contributed by atoms with E-state index in [4.69, 9.17) is 4.74 Å². The second-order valence-electron chi connectivity index (χ2n) is 7.08. The van der Waals surface area contributed by atoms with Gasteiger partial charge in [-0.3, -0.25) is 9.59 Å². The Morgan fingerprint density at radius 1 is 1.37 bits per heavy atom. The molecule has 1 N–H and O–H groups in total. The third-order valence-electron chi connectivity index (χ3n) is 5.17. The van der Waals surface area contributed by atoms with Crippen LogP contribution in [0.25, 0.3) is 0 Å². The van der Waals surface area contributed by atoms with Crippen molar-refractivity contribution in [3.63, 3.8) is 0 Å². The number of fused-ring (bicyclic) bond motifs is 1. The Hall–Kier alpha value is -2.97. The van der Waals surface area contributed by atoms with Crippen LogP contribution in [0.5, 0.6) is 5.75 Å². The van der Waals surface area contributed by atoms with E-state index in [-0.39, 0.29) is 11.8 Å². The largest absolute Gasteiger partial charge is 0.483 e. The van der Waals surface area contributed by atoms with Gasteiger partial charge in [0.2, 0.25) is 5.91 Å². The fourth-order valence-corrected chi connectivity index (χ4v) is 3.70. The molecule has 1 aromatic carbocycles. The summed E-state index contributed by atoms with van der Waals surface area (Å²) in [6.45, 7) is 3.78. The highest BCUT2D eigenvalue weighted by atomic mass is 16.5. The summed E-state index contributed by atoms with van der Waals surface area (Å²) in [6.07, 6.45) is 1.94. The molecule has 1 spiro atoms. The zero-order valence-corrected chi connectivity index (χ0v) is 15.2. The van der Waals surface area contributed by atoms with Crippen LogP contribution >= 0.6 is 0 Å². The van der Waals surface area contributed by atoms with Crippen molar-refractivity contribution in [2.24, 2.45) is 0 Å². The van der Waals surface area contributed by atoms with Gasteiger partial charge in [-0.1, -0.05) is 12.1 Å². The van der Waals surface area contributed by atoms with Crippen molar-refractivity contribution < 1.29 is 14.3 Å². The average molecular weight is 370 g/mol. The third kappa shape index (κ3) is 3.49. The lowest BCUT2D eigenvalue weighted by atomic mass is 9.92. The van der Waals surface area contributed by atoms with E-state index in [2.05, 4.69) is 20.8 Å². The zero-order chi connectivity index (χ0) is 18.9. The average Bonchev–Trinajstić information content (AvgIpc) is 3.04. The van der Waals surface area contributed by atoms with Crippen molar-refractivity contribution in [3.05, 3.63) is 35.7 Å². The fraction of sp³-hybridized carbons (Fsp3) is 0.500. The number of nitrogens with one attached hydrogen (secondary N) is 1. The maximum Gasteiger partial charge on any atom is 0.255 e. The van der Waals surface area contributed by atoms with E-state index < -0.39 is 5.60 Å². The molecule has 2 aromatic rings. The molecule has 9 heteroatoms. The smallest absolute Gasteiger partial charge is 0.255 e. The zero-order valence-electron chi connectivity index (χ0n) is 15.2. The van der Waals surface area contributed by atoms with Crippen LogP contribution in [0, 0.1) is 6.92 Å². The van der Waals surface area contributed by atoms with E-state index in [1.54, 1.807) is 17.7 Å². The van der Waals surface area contributed by atoms with Gasteiger partial charge in [-0.15, -0.1) is 5.10 Å². The first-order chi connectivity index (χ1) is 13.1. The molecule has 27 heavy (non-hydrogen) atoms. The molecule has 142 valence electrons. The fourth-order valence-electron chi connectivity index (χ4n) is 3.70. The number of carbonyl (C=O) groups excluding carboxylic acids is 2. The number of rotatable bonds is 3. The summed E-state index contributed by atoms with van der Waals surface area (Å²) in [5, 5.41) is 14.3. The van der Waals surface area contributed by atoms with Crippen LogP contribution in [0.4, 0.5) is 0 Å². The molecule has 9 nitrogen and oxygen atoms in total. The Bertz CT molecular complexity index is 866. The second kappa shape index (κ2) is 6.98. The van der Waals surface area contributed by atoms with Gasteiger partial charge in [0.15, 0.2) is 0 Å². The summed E-state index contributed by atoms with van der Waals surface area (Å²) in [7, 11) is 0.